The third-order valence-corrected chi connectivity index (χ3v) is 6.88. The average Bonchev–Trinajstić information content (AvgIpc) is 3.06. The molecule has 0 saturated heterocycles. The first kappa shape index (κ1) is 29.8. The molecule has 0 spiro atoms. The standard InChI is InChI=1S/C37H30O7/c38-35(39)21-26-14-17-28(18-15-26)31-12-7-13-34(22-31)42-23-27-16-19-32(24-43-36(40)29-8-3-1-4-9-29)33(20-27)25-44-37(41)30-10-5-2-6-11-30/h1-20,22H,21,23-25H2,(H,38,39)/p-1. The molecule has 5 rings (SSSR count). The zero-order valence-electron chi connectivity index (χ0n) is 23.8. The minimum Gasteiger partial charge on any atom is -0.550 e. The van der Waals surface area contributed by atoms with Gasteiger partial charge in [0.1, 0.15) is 25.6 Å². The van der Waals surface area contributed by atoms with Crippen LogP contribution in [0.15, 0.2) is 127 Å². The van der Waals surface area contributed by atoms with E-state index in [1.807, 2.05) is 66.7 Å². The summed E-state index contributed by atoms with van der Waals surface area (Å²) in [4.78, 5) is 36.0. The van der Waals surface area contributed by atoms with Crippen LogP contribution in [0.3, 0.4) is 0 Å². The predicted octanol–water partition coefficient (Wildman–Crippen LogP) is 5.94. The SMILES string of the molecule is O=C([O-])Cc1ccc(-c2cccc(OCc3ccc(COC(=O)c4ccccc4)c(COC(=O)c4ccccc4)c3)c2)cc1. The van der Waals surface area contributed by atoms with E-state index in [9.17, 15) is 19.5 Å². The second-order valence-electron chi connectivity index (χ2n) is 10.0. The number of aliphatic carboxylic acids is 1. The molecule has 0 aliphatic heterocycles. The number of hydrogen-bond acceptors (Lipinski definition) is 7. The smallest absolute Gasteiger partial charge is 0.338 e. The Hall–Kier alpha value is -5.69. The van der Waals surface area contributed by atoms with Crippen LogP contribution in [0.4, 0.5) is 0 Å². The summed E-state index contributed by atoms with van der Waals surface area (Å²) in [5, 5.41) is 10.9. The third-order valence-electron chi connectivity index (χ3n) is 6.88. The van der Waals surface area contributed by atoms with Gasteiger partial charge in [0, 0.05) is 12.4 Å². The number of ether oxygens (including phenoxy) is 3. The van der Waals surface area contributed by atoms with Crippen molar-refractivity contribution in [2.24, 2.45) is 0 Å². The second-order valence-corrected chi connectivity index (χ2v) is 10.0. The number of carboxylic acid groups (broad SMARTS) is 1. The summed E-state index contributed by atoms with van der Waals surface area (Å²) in [5.74, 6) is -1.37. The lowest BCUT2D eigenvalue weighted by Crippen LogP contribution is -2.24. The summed E-state index contributed by atoms with van der Waals surface area (Å²) < 4.78 is 17.3. The van der Waals surface area contributed by atoms with Crippen LogP contribution in [0.2, 0.25) is 0 Å². The van der Waals surface area contributed by atoms with E-state index in [0.29, 0.717) is 33.6 Å². The first-order valence-corrected chi connectivity index (χ1v) is 14.0. The number of carbonyl (C=O) groups is 3. The highest BCUT2D eigenvalue weighted by Gasteiger charge is 2.13. The van der Waals surface area contributed by atoms with E-state index in [4.69, 9.17) is 14.2 Å². The Bertz CT molecular complexity index is 1730. The zero-order valence-corrected chi connectivity index (χ0v) is 23.8. The molecule has 0 unspecified atom stereocenters. The Morgan fingerprint density at radius 3 is 1.73 bits per heavy atom. The fourth-order valence-electron chi connectivity index (χ4n) is 4.56. The van der Waals surface area contributed by atoms with Crippen LogP contribution >= 0.6 is 0 Å². The molecule has 0 aromatic heterocycles. The molecule has 7 heteroatoms. The van der Waals surface area contributed by atoms with Gasteiger partial charge in [-0.2, -0.15) is 0 Å². The summed E-state index contributed by atoms with van der Waals surface area (Å²) in [7, 11) is 0. The highest BCUT2D eigenvalue weighted by Crippen LogP contribution is 2.25. The van der Waals surface area contributed by atoms with Gasteiger partial charge in [-0.1, -0.05) is 84.9 Å². The molecule has 0 saturated carbocycles. The number of carboxylic acids is 1. The molecular formula is C37H29O7-. The van der Waals surface area contributed by atoms with Gasteiger partial charge in [-0.25, -0.2) is 9.59 Å². The van der Waals surface area contributed by atoms with Crippen molar-refractivity contribution in [2.75, 3.05) is 0 Å². The van der Waals surface area contributed by atoms with Crippen molar-refractivity contribution >= 4 is 17.9 Å². The Morgan fingerprint density at radius 2 is 1.11 bits per heavy atom. The van der Waals surface area contributed by atoms with Gasteiger partial charge in [0.15, 0.2) is 0 Å². The molecule has 5 aromatic carbocycles. The van der Waals surface area contributed by atoms with E-state index in [-0.39, 0.29) is 26.2 Å². The van der Waals surface area contributed by atoms with Crippen LogP contribution in [-0.4, -0.2) is 17.9 Å². The molecular weight excluding hydrogens is 556 g/mol. The topological polar surface area (TPSA) is 102 Å². The number of rotatable bonds is 12. The van der Waals surface area contributed by atoms with E-state index in [2.05, 4.69) is 0 Å². The van der Waals surface area contributed by atoms with Crippen LogP contribution in [0.25, 0.3) is 11.1 Å². The van der Waals surface area contributed by atoms with Gasteiger partial charge >= 0.3 is 11.9 Å². The molecule has 44 heavy (non-hydrogen) atoms. The molecule has 0 aliphatic carbocycles. The lowest BCUT2D eigenvalue weighted by atomic mass is 10.0. The zero-order chi connectivity index (χ0) is 30.7. The highest BCUT2D eigenvalue weighted by molar-refractivity contribution is 5.89. The number of carbonyl (C=O) groups excluding carboxylic acids is 3. The highest BCUT2D eigenvalue weighted by atomic mass is 16.5. The molecule has 0 bridgehead atoms. The maximum absolute atomic E-state index is 12.6. The fourth-order valence-corrected chi connectivity index (χ4v) is 4.56. The van der Waals surface area contributed by atoms with Gasteiger partial charge < -0.3 is 24.1 Å². The number of hydrogen-bond donors (Lipinski definition) is 0. The maximum Gasteiger partial charge on any atom is 0.338 e. The molecule has 0 fully saturated rings. The van der Waals surface area contributed by atoms with Crippen molar-refractivity contribution in [1.82, 2.24) is 0 Å². The van der Waals surface area contributed by atoms with Gasteiger partial charge in [-0.05, 0) is 75.8 Å². The average molecular weight is 586 g/mol. The molecule has 0 amide bonds. The summed E-state index contributed by atoms with van der Waals surface area (Å²) in [6, 6.07) is 37.9. The van der Waals surface area contributed by atoms with Crippen molar-refractivity contribution in [3.05, 3.63) is 161 Å². The summed E-state index contributed by atoms with van der Waals surface area (Å²) in [6.07, 6.45) is -0.134. The molecule has 0 N–H and O–H groups in total. The van der Waals surface area contributed by atoms with Crippen LogP contribution < -0.4 is 9.84 Å². The normalized spacial score (nSPS) is 10.5. The summed E-state index contributed by atoms with van der Waals surface area (Å²) >= 11 is 0. The van der Waals surface area contributed by atoms with Gasteiger partial charge in [-0.3, -0.25) is 0 Å². The van der Waals surface area contributed by atoms with E-state index in [1.165, 1.54) is 0 Å². The minimum absolute atomic E-state index is 0.0107. The molecule has 5 aromatic rings. The Morgan fingerprint density at radius 1 is 0.523 bits per heavy atom. The van der Waals surface area contributed by atoms with Crippen molar-refractivity contribution in [3.8, 4) is 16.9 Å². The van der Waals surface area contributed by atoms with Crippen molar-refractivity contribution < 1.29 is 33.7 Å². The Labute approximate surface area is 255 Å². The molecule has 0 radical (unpaired) electrons. The van der Waals surface area contributed by atoms with E-state index >= 15 is 0 Å². The largest absolute Gasteiger partial charge is 0.550 e. The monoisotopic (exact) mass is 585 g/mol. The molecule has 0 aliphatic rings. The predicted molar refractivity (Wildman–Crippen MR) is 162 cm³/mol. The van der Waals surface area contributed by atoms with E-state index in [0.717, 1.165) is 16.7 Å². The van der Waals surface area contributed by atoms with Crippen LogP contribution in [0.5, 0.6) is 5.75 Å². The van der Waals surface area contributed by atoms with Crippen LogP contribution in [-0.2, 0) is 40.5 Å². The number of benzene rings is 5. The second kappa shape index (κ2) is 14.5. The quantitative estimate of drug-likeness (QED) is 0.167. The van der Waals surface area contributed by atoms with Crippen molar-refractivity contribution in [1.29, 1.82) is 0 Å². The van der Waals surface area contributed by atoms with Gasteiger partial charge in [0.05, 0.1) is 11.1 Å². The molecule has 220 valence electrons. The van der Waals surface area contributed by atoms with Gasteiger partial charge in [-0.15, -0.1) is 0 Å². The number of esters is 2. The van der Waals surface area contributed by atoms with Gasteiger partial charge in [0.25, 0.3) is 0 Å². The third kappa shape index (κ3) is 8.20. The van der Waals surface area contributed by atoms with Crippen LogP contribution in [0, 0.1) is 0 Å². The lowest BCUT2D eigenvalue weighted by Gasteiger charge is -2.14. The molecule has 0 heterocycles. The van der Waals surface area contributed by atoms with E-state index < -0.39 is 17.9 Å². The van der Waals surface area contributed by atoms with Crippen LogP contribution in [0.1, 0.15) is 43.0 Å². The van der Waals surface area contributed by atoms with Crippen molar-refractivity contribution in [3.63, 3.8) is 0 Å². The van der Waals surface area contributed by atoms with Gasteiger partial charge in [0.2, 0.25) is 0 Å². The summed E-state index contributed by atoms with van der Waals surface area (Å²) in [6.45, 7) is 0.248. The van der Waals surface area contributed by atoms with Crippen molar-refractivity contribution in [2.45, 2.75) is 26.2 Å². The van der Waals surface area contributed by atoms with E-state index in [1.54, 1.807) is 60.7 Å². The minimum atomic E-state index is -1.12. The maximum atomic E-state index is 12.6. The summed E-state index contributed by atoms with van der Waals surface area (Å²) in [5.41, 5.74) is 5.66. The molecule has 0 atom stereocenters. The first-order chi connectivity index (χ1) is 21.4. The first-order valence-electron chi connectivity index (χ1n) is 14.0. The fraction of sp³-hybridized carbons (Fsp3) is 0.108. The lowest BCUT2D eigenvalue weighted by molar-refractivity contribution is -0.304. The molecule has 7 nitrogen and oxygen atoms in total. The Balaban J connectivity index is 1.28. The Kier molecular flexibility index (Phi) is 9.80.